The van der Waals surface area contributed by atoms with Crippen LogP contribution in [0.5, 0.6) is 11.5 Å². The number of methoxy groups -OCH3 is 1. The molecule has 0 atom stereocenters. The number of hydrazone groups is 1. The zero-order chi connectivity index (χ0) is 18.1. The molecule has 2 aromatic carbocycles. The zero-order valence-corrected chi connectivity index (χ0v) is 14.3. The van der Waals surface area contributed by atoms with E-state index in [0.717, 1.165) is 12.0 Å². The Bertz CT molecular complexity index is 733. The third-order valence-corrected chi connectivity index (χ3v) is 3.36. The van der Waals surface area contributed by atoms with E-state index in [2.05, 4.69) is 10.5 Å². The Morgan fingerprint density at radius 3 is 2.68 bits per heavy atom. The number of hydrogen-bond acceptors (Lipinski definition) is 6. The minimum atomic E-state index is -0.484. The molecule has 7 heteroatoms. The van der Waals surface area contributed by atoms with E-state index in [1.165, 1.54) is 19.4 Å². The topological polar surface area (TPSA) is 86.0 Å². The Balaban J connectivity index is 2.15. The molecule has 0 radical (unpaired) electrons. The van der Waals surface area contributed by atoms with Crippen molar-refractivity contribution in [1.29, 1.82) is 0 Å². The maximum Gasteiger partial charge on any atom is 0.315 e. The summed E-state index contributed by atoms with van der Waals surface area (Å²) in [5.74, 6) is 0.455. The molecule has 2 rings (SSSR count). The highest BCUT2D eigenvalue weighted by molar-refractivity contribution is 5.83. The quantitative estimate of drug-likeness (QED) is 0.428. The molecular formula is C18H21N3O4. The van der Waals surface area contributed by atoms with Gasteiger partial charge in [-0.15, -0.1) is 0 Å². The van der Waals surface area contributed by atoms with Crippen LogP contribution in [-0.2, 0) is 6.54 Å². The van der Waals surface area contributed by atoms with E-state index in [0.29, 0.717) is 24.5 Å². The van der Waals surface area contributed by atoms with Crippen molar-refractivity contribution in [3.05, 3.63) is 63.7 Å². The van der Waals surface area contributed by atoms with Crippen molar-refractivity contribution in [3.8, 4) is 11.5 Å². The van der Waals surface area contributed by atoms with Gasteiger partial charge in [0.05, 0.1) is 31.4 Å². The van der Waals surface area contributed by atoms with Crippen LogP contribution < -0.4 is 14.9 Å². The summed E-state index contributed by atoms with van der Waals surface area (Å²) in [6.07, 6.45) is 2.26. The maximum atomic E-state index is 11.3. The first-order valence-electron chi connectivity index (χ1n) is 7.94. The summed E-state index contributed by atoms with van der Waals surface area (Å²) >= 11 is 0. The van der Waals surface area contributed by atoms with Gasteiger partial charge in [0.2, 0.25) is 5.75 Å². The zero-order valence-electron chi connectivity index (χ0n) is 14.3. The molecule has 0 bridgehead atoms. The average Bonchev–Trinajstić information content (AvgIpc) is 2.64. The van der Waals surface area contributed by atoms with Gasteiger partial charge >= 0.3 is 5.69 Å². The highest BCUT2D eigenvalue weighted by Gasteiger charge is 2.21. The predicted octanol–water partition coefficient (Wildman–Crippen LogP) is 3.52. The Kier molecular flexibility index (Phi) is 6.76. The summed E-state index contributed by atoms with van der Waals surface area (Å²) in [5, 5.41) is 15.4. The van der Waals surface area contributed by atoms with Crippen molar-refractivity contribution < 1.29 is 14.4 Å². The number of nitro groups is 1. The first-order chi connectivity index (χ1) is 12.2. The van der Waals surface area contributed by atoms with Crippen LogP contribution in [0.4, 0.5) is 5.69 Å². The highest BCUT2D eigenvalue weighted by atomic mass is 16.6. The van der Waals surface area contributed by atoms with Crippen LogP contribution in [0.3, 0.4) is 0 Å². The van der Waals surface area contributed by atoms with Gasteiger partial charge in [0.1, 0.15) is 0 Å². The molecule has 0 spiro atoms. The Labute approximate surface area is 146 Å². The van der Waals surface area contributed by atoms with E-state index < -0.39 is 4.92 Å². The fourth-order valence-electron chi connectivity index (χ4n) is 2.17. The van der Waals surface area contributed by atoms with Crippen LogP contribution in [0.1, 0.15) is 24.5 Å². The number of benzene rings is 2. The third kappa shape index (κ3) is 5.20. The number of ether oxygens (including phenoxy) is 2. The third-order valence-electron chi connectivity index (χ3n) is 3.36. The molecular weight excluding hydrogens is 322 g/mol. The highest BCUT2D eigenvalue weighted by Crippen LogP contribution is 2.38. The van der Waals surface area contributed by atoms with Crippen LogP contribution in [0.25, 0.3) is 0 Å². The van der Waals surface area contributed by atoms with Gasteiger partial charge in [-0.2, -0.15) is 5.10 Å². The van der Waals surface area contributed by atoms with Crippen molar-refractivity contribution in [2.75, 3.05) is 13.7 Å². The van der Waals surface area contributed by atoms with E-state index >= 15 is 0 Å². The van der Waals surface area contributed by atoms with Crippen LogP contribution in [-0.4, -0.2) is 24.9 Å². The number of nitrogens with zero attached hydrogens (tertiary/aromatic N) is 2. The molecule has 132 valence electrons. The molecule has 0 aliphatic carbocycles. The molecule has 0 saturated carbocycles. The number of hydrogen-bond donors (Lipinski definition) is 1. The van der Waals surface area contributed by atoms with E-state index in [-0.39, 0.29) is 11.4 Å². The lowest BCUT2D eigenvalue weighted by atomic mass is 10.2. The minimum Gasteiger partial charge on any atom is -0.493 e. The van der Waals surface area contributed by atoms with Crippen LogP contribution >= 0.6 is 0 Å². The largest absolute Gasteiger partial charge is 0.493 e. The van der Waals surface area contributed by atoms with Gasteiger partial charge in [-0.3, -0.25) is 10.1 Å². The van der Waals surface area contributed by atoms with Gasteiger partial charge in [0.25, 0.3) is 0 Å². The summed E-state index contributed by atoms with van der Waals surface area (Å²) in [6, 6.07) is 12.9. The number of rotatable bonds is 9. The first kappa shape index (κ1) is 18.3. The molecule has 0 aromatic heterocycles. The summed E-state index contributed by atoms with van der Waals surface area (Å²) in [7, 11) is 1.45. The van der Waals surface area contributed by atoms with Crippen molar-refractivity contribution in [2.45, 2.75) is 19.9 Å². The lowest BCUT2D eigenvalue weighted by Gasteiger charge is -2.11. The summed E-state index contributed by atoms with van der Waals surface area (Å²) in [5.41, 5.74) is 4.41. The molecule has 0 unspecified atom stereocenters. The van der Waals surface area contributed by atoms with Crippen LogP contribution in [0.15, 0.2) is 47.6 Å². The maximum absolute atomic E-state index is 11.3. The Morgan fingerprint density at radius 1 is 1.28 bits per heavy atom. The van der Waals surface area contributed by atoms with E-state index in [9.17, 15) is 10.1 Å². The normalized spacial score (nSPS) is 10.6. The summed E-state index contributed by atoms with van der Waals surface area (Å²) in [6.45, 7) is 2.87. The molecule has 2 aromatic rings. The Hall–Kier alpha value is -3.09. The van der Waals surface area contributed by atoms with Crippen LogP contribution in [0.2, 0.25) is 0 Å². The summed E-state index contributed by atoms with van der Waals surface area (Å²) in [4.78, 5) is 10.8. The molecule has 7 nitrogen and oxygen atoms in total. The van der Waals surface area contributed by atoms with E-state index in [1.807, 2.05) is 37.3 Å². The molecule has 0 saturated heterocycles. The van der Waals surface area contributed by atoms with Crippen molar-refractivity contribution >= 4 is 11.9 Å². The van der Waals surface area contributed by atoms with Gasteiger partial charge in [-0.25, -0.2) is 0 Å². The van der Waals surface area contributed by atoms with Gasteiger partial charge < -0.3 is 14.9 Å². The molecule has 1 N–H and O–H groups in total. The van der Waals surface area contributed by atoms with Gasteiger partial charge in [0.15, 0.2) is 5.75 Å². The number of nitro benzene ring substituents is 1. The van der Waals surface area contributed by atoms with Crippen LogP contribution in [0, 0.1) is 10.1 Å². The second-order valence-corrected chi connectivity index (χ2v) is 5.26. The molecule has 0 heterocycles. The molecule has 0 aliphatic rings. The average molecular weight is 343 g/mol. The monoisotopic (exact) mass is 343 g/mol. The molecule has 0 amide bonds. The molecule has 0 fully saturated rings. The van der Waals surface area contributed by atoms with E-state index in [1.54, 1.807) is 6.07 Å². The smallest absolute Gasteiger partial charge is 0.315 e. The summed E-state index contributed by atoms with van der Waals surface area (Å²) < 4.78 is 10.7. The fraction of sp³-hybridized carbons (Fsp3) is 0.278. The minimum absolute atomic E-state index is 0.141. The second kappa shape index (κ2) is 9.27. The lowest BCUT2D eigenvalue weighted by Crippen LogP contribution is -2.06. The predicted molar refractivity (Wildman–Crippen MR) is 96.3 cm³/mol. The van der Waals surface area contributed by atoms with Gasteiger partial charge in [-0.1, -0.05) is 37.3 Å². The SMILES string of the molecule is CCCOc1c(OC)cc(C=NNCc2ccccc2)cc1[N+](=O)[O-]. The van der Waals surface area contributed by atoms with Gasteiger partial charge in [-0.05, 0) is 18.1 Å². The van der Waals surface area contributed by atoms with Crippen molar-refractivity contribution in [3.63, 3.8) is 0 Å². The molecule has 25 heavy (non-hydrogen) atoms. The van der Waals surface area contributed by atoms with E-state index in [4.69, 9.17) is 9.47 Å². The fourth-order valence-corrected chi connectivity index (χ4v) is 2.17. The number of nitrogens with one attached hydrogen (secondary N) is 1. The first-order valence-corrected chi connectivity index (χ1v) is 7.94. The van der Waals surface area contributed by atoms with Crippen molar-refractivity contribution in [2.24, 2.45) is 5.10 Å². The van der Waals surface area contributed by atoms with Gasteiger partial charge in [0, 0.05) is 11.6 Å². The second-order valence-electron chi connectivity index (χ2n) is 5.26. The van der Waals surface area contributed by atoms with Crippen molar-refractivity contribution in [1.82, 2.24) is 5.43 Å². The molecule has 0 aliphatic heterocycles. The lowest BCUT2D eigenvalue weighted by molar-refractivity contribution is -0.386. The Morgan fingerprint density at radius 2 is 2.04 bits per heavy atom. The standard InChI is InChI=1S/C18H21N3O4/c1-3-9-25-18-16(21(22)23)10-15(11-17(18)24-2)13-20-19-12-14-7-5-4-6-8-14/h4-8,10-11,13,19H,3,9,12H2,1-2H3.